The van der Waals surface area contributed by atoms with Crippen molar-refractivity contribution in [2.24, 2.45) is 0 Å². The summed E-state index contributed by atoms with van der Waals surface area (Å²) in [6, 6.07) is 0. The lowest BCUT2D eigenvalue weighted by Gasteiger charge is -2.12. The molecule has 108 valence electrons. The highest BCUT2D eigenvalue weighted by atomic mass is 35.5. The minimum Gasteiger partial charge on any atom is -0.298 e. The number of halogens is 2. The first-order valence-corrected chi connectivity index (χ1v) is 8.93. The number of carbonyl (C=O) groups excluding carboxylic acids is 1. The molecule has 7 heteroatoms. The molecule has 0 amide bonds. The van der Waals surface area contributed by atoms with Crippen molar-refractivity contribution in [3.8, 4) is 0 Å². The highest BCUT2D eigenvalue weighted by Crippen LogP contribution is 2.30. The van der Waals surface area contributed by atoms with Crippen molar-refractivity contribution in [1.82, 2.24) is 9.97 Å². The monoisotopic (exact) mass is 348 g/mol. The lowest BCUT2D eigenvalue weighted by molar-refractivity contribution is -0.121. The summed E-state index contributed by atoms with van der Waals surface area (Å²) >= 11 is 14.4. The van der Waals surface area contributed by atoms with Crippen molar-refractivity contribution in [2.75, 3.05) is 0 Å². The first-order valence-electron chi connectivity index (χ1n) is 6.11. The molecule has 2 aromatic rings. The van der Waals surface area contributed by atoms with E-state index in [1.54, 1.807) is 0 Å². The molecule has 2 aromatic heterocycles. The second-order valence-electron chi connectivity index (χ2n) is 4.47. The molecule has 0 saturated heterocycles. The quantitative estimate of drug-likeness (QED) is 0.719. The number of carbonyl (C=O) groups is 1. The van der Waals surface area contributed by atoms with E-state index >= 15 is 0 Å². The first kappa shape index (κ1) is 15.9. The van der Waals surface area contributed by atoms with Crippen LogP contribution < -0.4 is 0 Å². The number of aromatic nitrogens is 2. The molecule has 0 radical (unpaired) electrons. The van der Waals surface area contributed by atoms with E-state index in [1.165, 1.54) is 22.7 Å². The molecule has 0 aliphatic carbocycles. The zero-order valence-electron chi connectivity index (χ0n) is 11.1. The molecule has 2 unspecified atom stereocenters. The van der Waals surface area contributed by atoms with Crippen LogP contribution in [0, 0.1) is 0 Å². The molecule has 0 aliphatic rings. The number of nitrogens with zero attached hydrogens (tertiary/aromatic N) is 2. The van der Waals surface area contributed by atoms with Crippen molar-refractivity contribution < 1.29 is 4.79 Å². The second-order valence-corrected chi connectivity index (χ2v) is 6.78. The number of Topliss-reactive ketones (excluding diaryl/α,β-unsaturated/α-hetero) is 1. The van der Waals surface area contributed by atoms with E-state index < -0.39 is 0 Å². The summed E-state index contributed by atoms with van der Waals surface area (Å²) in [5, 5.41) is 5.41. The molecule has 3 nitrogen and oxygen atoms in total. The maximum Gasteiger partial charge on any atom is 0.152 e. The Labute approximate surface area is 136 Å². The molecule has 0 saturated carbocycles. The largest absolute Gasteiger partial charge is 0.298 e. The summed E-state index contributed by atoms with van der Waals surface area (Å²) in [5.41, 5.74) is 1.63. The summed E-state index contributed by atoms with van der Waals surface area (Å²) in [5.74, 6) is 0.387. The van der Waals surface area contributed by atoms with Crippen LogP contribution in [0.2, 0.25) is 0 Å². The zero-order chi connectivity index (χ0) is 14.7. The Hall–Kier alpha value is -0.490. The van der Waals surface area contributed by atoms with Crippen molar-refractivity contribution in [3.63, 3.8) is 0 Å². The van der Waals surface area contributed by atoms with Gasteiger partial charge in [0.15, 0.2) is 5.78 Å². The molecule has 20 heavy (non-hydrogen) atoms. The second kappa shape index (κ2) is 6.98. The third kappa shape index (κ3) is 3.39. The van der Waals surface area contributed by atoms with Gasteiger partial charge in [-0.3, -0.25) is 4.79 Å². The number of hydrogen-bond donors (Lipinski definition) is 0. The summed E-state index contributed by atoms with van der Waals surface area (Å²) in [6.45, 7) is 3.76. The normalized spacial score (nSPS) is 14.2. The van der Waals surface area contributed by atoms with E-state index in [-0.39, 0.29) is 17.6 Å². The molecule has 2 rings (SSSR count). The van der Waals surface area contributed by atoms with E-state index in [0.717, 1.165) is 21.4 Å². The zero-order valence-corrected chi connectivity index (χ0v) is 14.2. The van der Waals surface area contributed by atoms with E-state index in [1.807, 2.05) is 24.6 Å². The van der Waals surface area contributed by atoms with Crippen LogP contribution >= 0.6 is 45.9 Å². The van der Waals surface area contributed by atoms with Crippen LogP contribution in [0.5, 0.6) is 0 Å². The van der Waals surface area contributed by atoms with E-state index in [0.29, 0.717) is 11.8 Å². The predicted molar refractivity (Wildman–Crippen MR) is 85.2 cm³/mol. The average molecular weight is 349 g/mol. The third-order valence-corrected chi connectivity index (χ3v) is 5.71. The van der Waals surface area contributed by atoms with Gasteiger partial charge in [-0.15, -0.1) is 45.9 Å². The molecular weight excluding hydrogens is 335 g/mol. The topological polar surface area (TPSA) is 42.9 Å². The van der Waals surface area contributed by atoms with E-state index in [4.69, 9.17) is 23.2 Å². The van der Waals surface area contributed by atoms with Gasteiger partial charge in [0.2, 0.25) is 0 Å². The highest BCUT2D eigenvalue weighted by Gasteiger charge is 2.26. The summed E-state index contributed by atoms with van der Waals surface area (Å²) in [6.07, 6.45) is 0. The molecule has 0 aliphatic heterocycles. The van der Waals surface area contributed by atoms with Crippen LogP contribution in [0.3, 0.4) is 0 Å². The van der Waals surface area contributed by atoms with Gasteiger partial charge in [-0.2, -0.15) is 0 Å². The molecule has 2 atom stereocenters. The number of ketones is 1. The first-order chi connectivity index (χ1) is 9.56. The van der Waals surface area contributed by atoms with Gasteiger partial charge in [0, 0.05) is 10.8 Å². The fourth-order valence-corrected chi connectivity index (χ4v) is 4.01. The minimum absolute atomic E-state index is 0.121. The lowest BCUT2D eigenvalue weighted by atomic mass is 9.96. The molecule has 0 aromatic carbocycles. The van der Waals surface area contributed by atoms with Crippen LogP contribution in [0.25, 0.3) is 0 Å². The summed E-state index contributed by atoms with van der Waals surface area (Å²) < 4.78 is 0. The lowest BCUT2D eigenvalue weighted by Crippen LogP contribution is -2.16. The van der Waals surface area contributed by atoms with Crippen molar-refractivity contribution in [1.29, 1.82) is 0 Å². The van der Waals surface area contributed by atoms with Crippen LogP contribution in [-0.2, 0) is 16.6 Å². The molecule has 0 N–H and O–H groups in total. The Kier molecular flexibility index (Phi) is 5.55. The fraction of sp³-hybridized carbons (Fsp3) is 0.462. The summed E-state index contributed by atoms with van der Waals surface area (Å²) in [7, 11) is 0. The van der Waals surface area contributed by atoms with E-state index in [9.17, 15) is 4.79 Å². The van der Waals surface area contributed by atoms with Gasteiger partial charge in [-0.05, 0) is 13.8 Å². The number of alkyl halides is 2. The average Bonchev–Trinajstić information content (AvgIpc) is 3.13. The van der Waals surface area contributed by atoms with Crippen LogP contribution in [-0.4, -0.2) is 15.8 Å². The van der Waals surface area contributed by atoms with Gasteiger partial charge in [-0.25, -0.2) is 9.97 Å². The number of rotatable bonds is 6. The smallest absolute Gasteiger partial charge is 0.152 e. The Morgan fingerprint density at radius 3 is 1.75 bits per heavy atom. The Morgan fingerprint density at radius 2 is 1.45 bits per heavy atom. The SMILES string of the molecule is CC(C(=O)C(C)c1nc(CCl)cs1)c1nc(CCl)cs1. The maximum atomic E-state index is 12.5. The maximum absolute atomic E-state index is 12.5. The van der Waals surface area contributed by atoms with Crippen LogP contribution in [0.4, 0.5) is 0 Å². The minimum atomic E-state index is -0.240. The van der Waals surface area contributed by atoms with Crippen molar-refractivity contribution in [3.05, 3.63) is 32.2 Å². The predicted octanol–water partition coefficient (Wildman–Crippen LogP) is 4.55. The standard InChI is InChI=1S/C13H14Cl2N2OS2/c1-7(12-16-9(3-14)5-19-12)11(18)8(2)13-17-10(4-15)6-20-13/h5-8H,3-4H2,1-2H3. The van der Waals surface area contributed by atoms with Crippen LogP contribution in [0.15, 0.2) is 10.8 Å². The van der Waals surface area contributed by atoms with Gasteiger partial charge in [0.05, 0.1) is 35.0 Å². The molecule has 2 heterocycles. The van der Waals surface area contributed by atoms with Gasteiger partial charge in [0.25, 0.3) is 0 Å². The van der Waals surface area contributed by atoms with Crippen molar-refractivity contribution in [2.45, 2.75) is 37.4 Å². The van der Waals surface area contributed by atoms with Gasteiger partial charge in [0.1, 0.15) is 10.0 Å². The number of hydrogen-bond acceptors (Lipinski definition) is 5. The highest BCUT2D eigenvalue weighted by molar-refractivity contribution is 7.10. The van der Waals surface area contributed by atoms with E-state index in [2.05, 4.69) is 9.97 Å². The van der Waals surface area contributed by atoms with Gasteiger partial charge < -0.3 is 0 Å². The van der Waals surface area contributed by atoms with Gasteiger partial charge >= 0.3 is 0 Å². The third-order valence-electron chi connectivity index (χ3n) is 3.01. The molecule has 0 fully saturated rings. The fourth-order valence-electron chi connectivity index (χ4n) is 1.78. The Morgan fingerprint density at radius 1 is 1.05 bits per heavy atom. The Bertz CT molecular complexity index is 546. The summed E-state index contributed by atoms with van der Waals surface area (Å²) in [4.78, 5) is 21.3. The number of thiazole rings is 2. The van der Waals surface area contributed by atoms with Crippen LogP contribution in [0.1, 0.15) is 47.1 Å². The van der Waals surface area contributed by atoms with Gasteiger partial charge in [-0.1, -0.05) is 0 Å². The molecule has 0 bridgehead atoms. The Balaban J connectivity index is 2.13. The molecular formula is C13H14Cl2N2OS2. The van der Waals surface area contributed by atoms with Crippen molar-refractivity contribution >= 4 is 51.7 Å². The molecule has 0 spiro atoms.